The van der Waals surface area contributed by atoms with E-state index in [1.807, 2.05) is 23.1 Å². The maximum Gasteiger partial charge on any atom is 0.222 e. The van der Waals surface area contributed by atoms with E-state index in [-0.39, 0.29) is 23.3 Å². The molecule has 2 saturated heterocycles. The number of rotatable bonds is 4. The van der Waals surface area contributed by atoms with E-state index in [4.69, 9.17) is 0 Å². The normalized spacial score (nSPS) is 23.5. The van der Waals surface area contributed by atoms with Crippen molar-refractivity contribution in [2.75, 3.05) is 37.7 Å². The molecule has 0 spiro atoms. The number of amides is 1. The minimum atomic E-state index is -2.91. The maximum atomic E-state index is 12.4. The van der Waals surface area contributed by atoms with Gasteiger partial charge in [0.15, 0.2) is 9.84 Å². The quantitative estimate of drug-likeness (QED) is 0.792. The molecule has 140 valence electrons. The van der Waals surface area contributed by atoms with Crippen LogP contribution in [-0.4, -0.2) is 66.8 Å². The SMILES string of the molecule is O=C(CC1CCS(=O)(=O)C1)N1CCN(Cc2nc3ccccc3s2)CC1. The molecule has 1 unspecified atom stereocenters. The summed E-state index contributed by atoms with van der Waals surface area (Å²) >= 11 is 1.73. The van der Waals surface area contributed by atoms with Gasteiger partial charge in [-0.1, -0.05) is 12.1 Å². The summed E-state index contributed by atoms with van der Waals surface area (Å²) < 4.78 is 24.3. The highest BCUT2D eigenvalue weighted by molar-refractivity contribution is 7.91. The third kappa shape index (κ3) is 4.07. The van der Waals surface area contributed by atoms with Crippen molar-refractivity contribution >= 4 is 37.3 Å². The van der Waals surface area contributed by atoms with Crippen molar-refractivity contribution in [3.05, 3.63) is 29.3 Å². The lowest BCUT2D eigenvalue weighted by molar-refractivity contribution is -0.133. The molecular formula is C18H23N3O3S2. The van der Waals surface area contributed by atoms with Crippen LogP contribution in [0.5, 0.6) is 0 Å². The average molecular weight is 394 g/mol. The van der Waals surface area contributed by atoms with E-state index >= 15 is 0 Å². The molecule has 2 aliphatic rings. The summed E-state index contributed by atoms with van der Waals surface area (Å²) in [6, 6.07) is 8.17. The smallest absolute Gasteiger partial charge is 0.222 e. The number of carbonyl (C=O) groups is 1. The van der Waals surface area contributed by atoms with Crippen LogP contribution in [0.3, 0.4) is 0 Å². The van der Waals surface area contributed by atoms with Gasteiger partial charge in [0.05, 0.1) is 28.3 Å². The first-order valence-corrected chi connectivity index (χ1v) is 11.7. The summed E-state index contributed by atoms with van der Waals surface area (Å²) in [6.45, 7) is 3.92. The molecule has 0 N–H and O–H groups in total. The molecular weight excluding hydrogens is 370 g/mol. The number of hydrogen-bond donors (Lipinski definition) is 0. The van der Waals surface area contributed by atoms with Crippen molar-refractivity contribution in [2.24, 2.45) is 5.92 Å². The van der Waals surface area contributed by atoms with Gasteiger partial charge in [0, 0.05) is 32.6 Å². The average Bonchev–Trinajstić information content (AvgIpc) is 3.17. The third-order valence-corrected chi connectivity index (χ3v) is 8.07. The Hall–Kier alpha value is -1.51. The molecule has 8 heteroatoms. The highest BCUT2D eigenvalue weighted by Crippen LogP contribution is 2.24. The lowest BCUT2D eigenvalue weighted by Gasteiger charge is -2.34. The van der Waals surface area contributed by atoms with Gasteiger partial charge in [0.2, 0.25) is 5.91 Å². The number of fused-ring (bicyclic) bond motifs is 1. The zero-order chi connectivity index (χ0) is 18.1. The largest absolute Gasteiger partial charge is 0.340 e. The van der Waals surface area contributed by atoms with E-state index in [0.717, 1.165) is 30.2 Å². The Balaban J connectivity index is 1.27. The van der Waals surface area contributed by atoms with Gasteiger partial charge in [-0.25, -0.2) is 13.4 Å². The van der Waals surface area contributed by atoms with E-state index in [9.17, 15) is 13.2 Å². The summed E-state index contributed by atoms with van der Waals surface area (Å²) in [4.78, 5) is 21.4. The predicted octanol–water partition coefficient (Wildman–Crippen LogP) is 1.77. The molecule has 2 aromatic rings. The predicted molar refractivity (Wildman–Crippen MR) is 103 cm³/mol. The monoisotopic (exact) mass is 393 g/mol. The molecule has 1 amide bonds. The van der Waals surface area contributed by atoms with Gasteiger partial charge in [0.25, 0.3) is 0 Å². The van der Waals surface area contributed by atoms with Crippen LogP contribution in [0.2, 0.25) is 0 Å². The Bertz CT molecular complexity index is 868. The number of carbonyl (C=O) groups excluding carboxylic acids is 1. The minimum absolute atomic E-state index is 0.00766. The molecule has 1 aromatic heterocycles. The number of piperazine rings is 1. The molecule has 3 heterocycles. The van der Waals surface area contributed by atoms with Crippen LogP contribution in [0.1, 0.15) is 17.8 Å². The van der Waals surface area contributed by atoms with Crippen molar-refractivity contribution in [1.82, 2.24) is 14.8 Å². The fraction of sp³-hybridized carbons (Fsp3) is 0.556. The number of hydrogen-bond acceptors (Lipinski definition) is 6. The first-order valence-electron chi connectivity index (χ1n) is 9.03. The number of thiazole rings is 1. The van der Waals surface area contributed by atoms with Crippen LogP contribution >= 0.6 is 11.3 Å². The molecule has 4 rings (SSSR count). The van der Waals surface area contributed by atoms with Gasteiger partial charge in [-0.3, -0.25) is 9.69 Å². The topological polar surface area (TPSA) is 70.6 Å². The van der Waals surface area contributed by atoms with Crippen molar-refractivity contribution in [2.45, 2.75) is 19.4 Å². The summed E-state index contributed by atoms with van der Waals surface area (Å²) in [5.41, 5.74) is 1.05. The van der Waals surface area contributed by atoms with E-state index in [0.29, 0.717) is 25.9 Å². The number of nitrogens with zero attached hydrogens (tertiary/aromatic N) is 3. The lowest BCUT2D eigenvalue weighted by atomic mass is 10.0. The second-order valence-corrected chi connectivity index (χ2v) is 10.5. The summed E-state index contributed by atoms with van der Waals surface area (Å²) in [5, 5.41) is 1.11. The highest BCUT2D eigenvalue weighted by Gasteiger charge is 2.31. The highest BCUT2D eigenvalue weighted by atomic mass is 32.2. The standard InChI is InChI=1S/C18H23N3O3S2/c22-18(11-14-5-10-26(23,24)13-14)21-8-6-20(7-9-21)12-17-19-15-3-1-2-4-16(15)25-17/h1-4,14H,5-13H2. The number of sulfone groups is 1. The van der Waals surface area contributed by atoms with Crippen LogP contribution < -0.4 is 0 Å². The molecule has 0 aliphatic carbocycles. The number of benzene rings is 1. The third-order valence-electron chi connectivity index (χ3n) is 5.21. The van der Waals surface area contributed by atoms with Gasteiger partial charge in [-0.15, -0.1) is 11.3 Å². The zero-order valence-corrected chi connectivity index (χ0v) is 16.3. The Morgan fingerprint density at radius 3 is 2.65 bits per heavy atom. The van der Waals surface area contributed by atoms with Crippen LogP contribution in [0.15, 0.2) is 24.3 Å². The molecule has 0 bridgehead atoms. The molecule has 0 saturated carbocycles. The van der Waals surface area contributed by atoms with Crippen molar-refractivity contribution in [3.8, 4) is 0 Å². The molecule has 2 aliphatic heterocycles. The van der Waals surface area contributed by atoms with Crippen LogP contribution in [0, 0.1) is 5.92 Å². The molecule has 1 aromatic carbocycles. The fourth-order valence-corrected chi connectivity index (χ4v) is 6.61. The first kappa shape index (κ1) is 17.9. The molecule has 2 fully saturated rings. The van der Waals surface area contributed by atoms with Crippen LogP contribution in [0.25, 0.3) is 10.2 Å². The second kappa shape index (κ2) is 7.25. The van der Waals surface area contributed by atoms with E-state index in [2.05, 4.69) is 16.0 Å². The minimum Gasteiger partial charge on any atom is -0.340 e. The Kier molecular flexibility index (Phi) is 4.98. The zero-order valence-electron chi connectivity index (χ0n) is 14.6. The second-order valence-electron chi connectivity index (χ2n) is 7.21. The Morgan fingerprint density at radius 2 is 1.96 bits per heavy atom. The molecule has 0 radical (unpaired) electrons. The van der Waals surface area contributed by atoms with E-state index in [1.54, 1.807) is 11.3 Å². The molecule has 26 heavy (non-hydrogen) atoms. The van der Waals surface area contributed by atoms with Crippen molar-refractivity contribution < 1.29 is 13.2 Å². The summed E-state index contributed by atoms with van der Waals surface area (Å²) in [5.74, 6) is 0.525. The lowest BCUT2D eigenvalue weighted by Crippen LogP contribution is -2.48. The number of aromatic nitrogens is 1. The Morgan fingerprint density at radius 1 is 1.19 bits per heavy atom. The Labute approximate surface area is 157 Å². The van der Waals surface area contributed by atoms with Gasteiger partial charge < -0.3 is 4.90 Å². The summed E-state index contributed by atoms with van der Waals surface area (Å²) in [7, 11) is -2.91. The van der Waals surface area contributed by atoms with Crippen molar-refractivity contribution in [1.29, 1.82) is 0 Å². The number of para-hydroxylation sites is 1. The molecule has 1 atom stereocenters. The van der Waals surface area contributed by atoms with Crippen LogP contribution in [-0.2, 0) is 21.2 Å². The molecule has 6 nitrogen and oxygen atoms in total. The van der Waals surface area contributed by atoms with Gasteiger partial charge >= 0.3 is 0 Å². The fourth-order valence-electron chi connectivity index (χ4n) is 3.74. The van der Waals surface area contributed by atoms with Gasteiger partial charge in [-0.2, -0.15) is 0 Å². The van der Waals surface area contributed by atoms with E-state index < -0.39 is 9.84 Å². The van der Waals surface area contributed by atoms with E-state index in [1.165, 1.54) is 4.70 Å². The van der Waals surface area contributed by atoms with Crippen molar-refractivity contribution in [3.63, 3.8) is 0 Å². The summed E-state index contributed by atoms with van der Waals surface area (Å²) in [6.07, 6.45) is 1.00. The van der Waals surface area contributed by atoms with Gasteiger partial charge in [0.1, 0.15) is 5.01 Å². The maximum absolute atomic E-state index is 12.4. The van der Waals surface area contributed by atoms with Crippen LogP contribution in [0.4, 0.5) is 0 Å². The first-order chi connectivity index (χ1) is 12.5. The van der Waals surface area contributed by atoms with Gasteiger partial charge in [-0.05, 0) is 24.5 Å².